The Morgan fingerprint density at radius 2 is 1.63 bits per heavy atom. The van der Waals surface area contributed by atoms with Crippen LogP contribution in [0.25, 0.3) is 10.9 Å². The first kappa shape index (κ1) is 26.4. The van der Waals surface area contributed by atoms with Crippen molar-refractivity contribution in [2.24, 2.45) is 0 Å². The second-order valence-corrected chi connectivity index (χ2v) is 9.23. The number of hydrogen-bond acceptors (Lipinski definition) is 7. The number of benzene rings is 3. The van der Waals surface area contributed by atoms with Crippen LogP contribution in [-0.4, -0.2) is 29.1 Å². The number of alkyl carbamates (subject to hydrolysis) is 1. The van der Waals surface area contributed by atoms with E-state index in [1.807, 2.05) is 74.5 Å². The van der Waals surface area contributed by atoms with Crippen molar-refractivity contribution in [2.75, 3.05) is 10.6 Å². The van der Waals surface area contributed by atoms with Gasteiger partial charge in [0.15, 0.2) is 0 Å². The van der Waals surface area contributed by atoms with Gasteiger partial charge in [0.25, 0.3) is 6.01 Å². The van der Waals surface area contributed by atoms with Gasteiger partial charge < -0.3 is 25.1 Å². The minimum Gasteiger partial charge on any atom is -0.445 e. The zero-order chi connectivity index (χ0) is 27.1. The summed E-state index contributed by atoms with van der Waals surface area (Å²) in [5, 5.41) is 8.85. The highest BCUT2D eigenvalue weighted by atomic mass is 16.5. The molecule has 0 bridgehead atoms. The number of aryl methyl sites for hydroxylation is 1. The normalized spacial score (nSPS) is 11.7. The molecule has 3 aromatic carbocycles. The molecule has 0 saturated heterocycles. The minimum atomic E-state index is -0.913. The van der Waals surface area contributed by atoms with Gasteiger partial charge in [0.2, 0.25) is 5.91 Å². The number of fused-ring (bicyclic) bond motifs is 1. The summed E-state index contributed by atoms with van der Waals surface area (Å²) in [5.74, 6) is -0.437. The molecule has 0 fully saturated rings. The van der Waals surface area contributed by atoms with Gasteiger partial charge in [0, 0.05) is 18.2 Å². The van der Waals surface area contributed by atoms with Crippen LogP contribution in [-0.2, 0) is 22.6 Å². The van der Waals surface area contributed by atoms with Gasteiger partial charge in [0.1, 0.15) is 12.6 Å². The first-order valence-electron chi connectivity index (χ1n) is 12.3. The van der Waals surface area contributed by atoms with Crippen molar-refractivity contribution in [2.45, 2.75) is 45.9 Å². The zero-order valence-electron chi connectivity index (χ0n) is 21.5. The average molecular weight is 515 g/mol. The van der Waals surface area contributed by atoms with E-state index in [1.165, 1.54) is 0 Å². The molecule has 1 atom stereocenters. The number of rotatable bonds is 9. The van der Waals surface area contributed by atoms with Gasteiger partial charge in [-0.25, -0.2) is 9.59 Å². The Hall–Kier alpha value is -4.66. The van der Waals surface area contributed by atoms with Crippen LogP contribution < -0.4 is 21.6 Å². The van der Waals surface area contributed by atoms with Crippen LogP contribution >= 0.6 is 0 Å². The molecule has 3 N–H and O–H groups in total. The van der Waals surface area contributed by atoms with E-state index in [4.69, 9.17) is 9.15 Å². The molecule has 2 amide bonds. The van der Waals surface area contributed by atoms with Crippen LogP contribution in [0.3, 0.4) is 0 Å². The van der Waals surface area contributed by atoms with Gasteiger partial charge in [-0.3, -0.25) is 4.79 Å². The van der Waals surface area contributed by atoms with Crippen LogP contribution in [0.1, 0.15) is 30.5 Å². The van der Waals surface area contributed by atoms with Crippen molar-refractivity contribution in [3.05, 3.63) is 99.9 Å². The SMILES string of the molecule is Cc1cc(NC(=O)[C@H](Cc2ccccc2)NC(=O)OCc2ccccc2)cc2nc(NC(C)C)oc(=O)c12. The van der Waals surface area contributed by atoms with E-state index in [0.717, 1.165) is 11.1 Å². The quantitative estimate of drug-likeness (QED) is 0.293. The van der Waals surface area contributed by atoms with Crippen LogP contribution in [0, 0.1) is 6.92 Å². The predicted octanol–water partition coefficient (Wildman–Crippen LogP) is 4.79. The van der Waals surface area contributed by atoms with Crippen LogP contribution in [0.4, 0.5) is 16.5 Å². The number of nitrogens with zero attached hydrogens (tertiary/aromatic N) is 1. The second kappa shape index (κ2) is 12.1. The number of anilines is 2. The van der Waals surface area contributed by atoms with Crippen LogP contribution in [0.5, 0.6) is 0 Å². The van der Waals surface area contributed by atoms with E-state index in [2.05, 4.69) is 20.9 Å². The molecular weight excluding hydrogens is 484 g/mol. The molecule has 0 aliphatic rings. The lowest BCUT2D eigenvalue weighted by Gasteiger charge is -2.19. The summed E-state index contributed by atoms with van der Waals surface area (Å²) in [6.07, 6.45) is -0.451. The van der Waals surface area contributed by atoms with Crippen molar-refractivity contribution in [1.29, 1.82) is 0 Å². The molecule has 196 valence electrons. The molecule has 9 heteroatoms. The van der Waals surface area contributed by atoms with Gasteiger partial charge in [-0.1, -0.05) is 60.7 Å². The summed E-state index contributed by atoms with van der Waals surface area (Å²) in [6, 6.07) is 21.1. The highest BCUT2D eigenvalue weighted by Gasteiger charge is 2.23. The van der Waals surface area contributed by atoms with Crippen molar-refractivity contribution in [1.82, 2.24) is 10.3 Å². The lowest BCUT2D eigenvalue weighted by Crippen LogP contribution is -2.45. The predicted molar refractivity (Wildman–Crippen MR) is 146 cm³/mol. The lowest BCUT2D eigenvalue weighted by molar-refractivity contribution is -0.118. The third-order valence-corrected chi connectivity index (χ3v) is 5.71. The first-order chi connectivity index (χ1) is 18.3. The van der Waals surface area contributed by atoms with Crippen molar-refractivity contribution in [3.8, 4) is 0 Å². The van der Waals surface area contributed by atoms with E-state index >= 15 is 0 Å². The smallest absolute Gasteiger partial charge is 0.408 e. The average Bonchev–Trinajstić information content (AvgIpc) is 2.87. The summed E-state index contributed by atoms with van der Waals surface area (Å²) >= 11 is 0. The van der Waals surface area contributed by atoms with Gasteiger partial charge in [0.05, 0.1) is 10.9 Å². The summed E-state index contributed by atoms with van der Waals surface area (Å²) < 4.78 is 10.6. The number of ether oxygens (including phenoxy) is 1. The van der Waals surface area contributed by atoms with E-state index in [1.54, 1.807) is 19.1 Å². The fraction of sp³-hybridized carbons (Fsp3) is 0.241. The van der Waals surface area contributed by atoms with Crippen LogP contribution in [0.2, 0.25) is 0 Å². The Balaban J connectivity index is 1.54. The largest absolute Gasteiger partial charge is 0.445 e. The summed E-state index contributed by atoms with van der Waals surface area (Å²) in [5.41, 5.74) is 2.61. The maximum Gasteiger partial charge on any atom is 0.408 e. The molecule has 1 aromatic heterocycles. The van der Waals surface area contributed by atoms with Crippen molar-refractivity contribution in [3.63, 3.8) is 0 Å². The van der Waals surface area contributed by atoms with Gasteiger partial charge in [-0.15, -0.1) is 0 Å². The molecule has 0 aliphatic heterocycles. The highest BCUT2D eigenvalue weighted by Crippen LogP contribution is 2.22. The monoisotopic (exact) mass is 514 g/mol. The fourth-order valence-corrected chi connectivity index (χ4v) is 3.97. The van der Waals surface area contributed by atoms with E-state index in [0.29, 0.717) is 22.2 Å². The topological polar surface area (TPSA) is 123 Å². The number of aromatic nitrogens is 1. The van der Waals surface area contributed by atoms with E-state index in [-0.39, 0.29) is 25.1 Å². The Labute approximate surface area is 220 Å². The number of carbonyl (C=O) groups is 2. The zero-order valence-corrected chi connectivity index (χ0v) is 21.5. The Kier molecular flexibility index (Phi) is 8.37. The Morgan fingerprint density at radius 1 is 0.974 bits per heavy atom. The minimum absolute atomic E-state index is 0.0125. The maximum atomic E-state index is 13.4. The molecular formula is C29H30N4O5. The van der Waals surface area contributed by atoms with Crippen LogP contribution in [0.15, 0.2) is 82.0 Å². The standard InChI is InChI=1S/C29H30N4O5/c1-18(2)30-28-32-23-16-22(14-19(3)25(23)27(35)38-28)31-26(34)24(15-20-10-6-4-7-11-20)33-29(36)37-17-21-12-8-5-9-13-21/h4-14,16,18,24H,15,17H2,1-3H3,(H,30,32)(H,31,34)(H,33,36)/t24-/m0/s1. The molecule has 9 nitrogen and oxygen atoms in total. The number of amides is 2. The maximum absolute atomic E-state index is 13.4. The molecule has 4 aromatic rings. The molecule has 0 aliphatic carbocycles. The molecule has 0 unspecified atom stereocenters. The summed E-state index contributed by atoms with van der Waals surface area (Å²) in [6.45, 7) is 5.63. The Morgan fingerprint density at radius 3 is 2.29 bits per heavy atom. The van der Waals surface area contributed by atoms with Crippen molar-refractivity contribution >= 4 is 34.6 Å². The van der Waals surface area contributed by atoms with Gasteiger partial charge >= 0.3 is 11.7 Å². The van der Waals surface area contributed by atoms with E-state index < -0.39 is 23.7 Å². The van der Waals surface area contributed by atoms with Crippen molar-refractivity contribution < 1.29 is 18.7 Å². The Bertz CT molecular complexity index is 1470. The molecule has 1 heterocycles. The summed E-state index contributed by atoms with van der Waals surface area (Å²) in [4.78, 5) is 42.9. The van der Waals surface area contributed by atoms with E-state index in [9.17, 15) is 14.4 Å². The number of hydrogen-bond donors (Lipinski definition) is 3. The molecule has 0 radical (unpaired) electrons. The molecule has 0 saturated carbocycles. The number of carbonyl (C=O) groups excluding carboxylic acids is 2. The summed E-state index contributed by atoms with van der Waals surface area (Å²) in [7, 11) is 0. The third kappa shape index (κ3) is 6.97. The third-order valence-electron chi connectivity index (χ3n) is 5.71. The second-order valence-electron chi connectivity index (χ2n) is 9.23. The fourth-order valence-electron chi connectivity index (χ4n) is 3.97. The van der Waals surface area contributed by atoms with Gasteiger partial charge in [-0.2, -0.15) is 4.98 Å². The number of nitrogens with one attached hydrogen (secondary N) is 3. The molecule has 0 spiro atoms. The molecule has 4 rings (SSSR count). The van der Waals surface area contributed by atoms with Gasteiger partial charge in [-0.05, 0) is 49.6 Å². The lowest BCUT2D eigenvalue weighted by atomic mass is 10.0. The first-order valence-corrected chi connectivity index (χ1v) is 12.3. The highest BCUT2D eigenvalue weighted by molar-refractivity contribution is 5.98. The molecule has 38 heavy (non-hydrogen) atoms.